The fraction of sp³-hybridized carbons (Fsp3) is 0.660. The molecule has 6 aliphatic carbocycles. The van der Waals surface area contributed by atoms with E-state index in [1.54, 1.807) is 20.7 Å². The molecule has 0 aromatic heterocycles. The Morgan fingerprint density at radius 1 is 0.431 bits per heavy atom. The molecular formula is C47H72Si4. The van der Waals surface area contributed by atoms with Gasteiger partial charge in [0.25, 0.3) is 0 Å². The third kappa shape index (κ3) is 7.32. The first-order valence-corrected chi connectivity index (χ1v) is 34.5. The predicted molar refractivity (Wildman–Crippen MR) is 235 cm³/mol. The standard InChI is InChI=1S/C47H72Si4/c1-48(2,24-21-39-29-34-9-11-37(39)27-34)42-13-15-43(16-14-42)50(5,6)26-23-41-31-36-32-46(41)47(33-36)51(7,8)45-19-17-44(18-20-45)49(3,4)25-22-40-30-35-10-12-38(40)28-35/h9-20,34-41,46-47H,21-33H2,1-8H3. The molecule has 276 valence electrons. The zero-order valence-electron chi connectivity index (χ0n) is 33.9. The van der Waals surface area contributed by atoms with Gasteiger partial charge < -0.3 is 0 Å². The molecule has 6 aliphatic rings. The van der Waals surface area contributed by atoms with Crippen molar-refractivity contribution in [3.05, 3.63) is 72.8 Å². The maximum atomic E-state index is 2.75. The van der Waals surface area contributed by atoms with E-state index >= 15 is 0 Å². The number of hydrogen-bond donors (Lipinski definition) is 0. The van der Waals surface area contributed by atoms with Crippen LogP contribution in [0.25, 0.3) is 0 Å². The summed E-state index contributed by atoms with van der Waals surface area (Å²) in [5, 5.41) is 6.87. The summed E-state index contributed by atoms with van der Waals surface area (Å²) in [5.41, 5.74) is 0.981. The van der Waals surface area contributed by atoms with Gasteiger partial charge in [-0.3, -0.25) is 0 Å². The number of rotatable bonds is 14. The average molecular weight is 749 g/mol. The van der Waals surface area contributed by atoms with Gasteiger partial charge in [-0.2, -0.15) is 0 Å². The van der Waals surface area contributed by atoms with Gasteiger partial charge in [0, 0.05) is 0 Å². The summed E-state index contributed by atoms with van der Waals surface area (Å²) >= 11 is 0. The zero-order chi connectivity index (χ0) is 35.8. The second-order valence-electron chi connectivity index (χ2n) is 21.8. The van der Waals surface area contributed by atoms with Crippen LogP contribution in [0.3, 0.4) is 0 Å². The van der Waals surface area contributed by atoms with Crippen LogP contribution in [0.2, 0.25) is 76.0 Å². The molecule has 51 heavy (non-hydrogen) atoms. The lowest BCUT2D eigenvalue weighted by molar-refractivity contribution is 0.319. The highest BCUT2D eigenvalue weighted by Gasteiger charge is 2.52. The molecule has 0 nitrogen and oxygen atoms in total. The summed E-state index contributed by atoms with van der Waals surface area (Å²) in [4.78, 5) is 0. The van der Waals surface area contributed by atoms with Crippen LogP contribution in [-0.4, -0.2) is 32.3 Å². The van der Waals surface area contributed by atoms with E-state index in [0.717, 1.165) is 58.8 Å². The topological polar surface area (TPSA) is 0 Å². The lowest BCUT2D eigenvalue weighted by atomic mass is 9.86. The van der Waals surface area contributed by atoms with E-state index in [0.29, 0.717) is 0 Å². The normalized spacial score (nSPS) is 34.0. The predicted octanol–water partition coefficient (Wildman–Crippen LogP) is 11.1. The monoisotopic (exact) mass is 748 g/mol. The molecule has 0 amide bonds. The zero-order valence-corrected chi connectivity index (χ0v) is 37.9. The summed E-state index contributed by atoms with van der Waals surface area (Å²) in [7, 11) is -5.78. The number of allylic oxidation sites excluding steroid dienone is 4. The van der Waals surface area contributed by atoms with E-state index < -0.39 is 32.3 Å². The molecule has 4 heteroatoms. The van der Waals surface area contributed by atoms with Gasteiger partial charge in [0.2, 0.25) is 0 Å². The number of fused-ring (bicyclic) bond motifs is 6. The minimum atomic E-state index is -1.54. The minimum Gasteiger partial charge on any atom is -0.0851 e. The van der Waals surface area contributed by atoms with Crippen molar-refractivity contribution in [2.24, 2.45) is 53.3 Å². The van der Waals surface area contributed by atoms with Crippen LogP contribution < -0.4 is 20.7 Å². The summed E-state index contributed by atoms with van der Waals surface area (Å²) in [6.07, 6.45) is 25.0. The smallest absolute Gasteiger partial charge is 0.0839 e. The fourth-order valence-electron chi connectivity index (χ4n) is 13.1. The van der Waals surface area contributed by atoms with Gasteiger partial charge in [-0.05, 0) is 104 Å². The quantitative estimate of drug-likeness (QED) is 0.133. The van der Waals surface area contributed by atoms with Gasteiger partial charge in [0.05, 0.1) is 32.3 Å². The summed E-state index contributed by atoms with van der Waals surface area (Å²) in [6.45, 7) is 21.4. The summed E-state index contributed by atoms with van der Waals surface area (Å²) in [6, 6.07) is 25.3. The van der Waals surface area contributed by atoms with Gasteiger partial charge in [-0.1, -0.05) is 183 Å². The minimum absolute atomic E-state index is 0.905. The molecule has 0 heterocycles. The number of benzene rings is 2. The Morgan fingerprint density at radius 3 is 1.22 bits per heavy atom. The largest absolute Gasteiger partial charge is 0.0851 e. The van der Waals surface area contributed by atoms with Crippen LogP contribution in [0.5, 0.6) is 0 Å². The number of hydrogen-bond acceptors (Lipinski definition) is 0. The Hall–Kier alpha value is -1.21. The van der Waals surface area contributed by atoms with Crippen LogP contribution in [0.4, 0.5) is 0 Å². The van der Waals surface area contributed by atoms with E-state index in [1.807, 2.05) is 0 Å². The van der Waals surface area contributed by atoms with Crippen LogP contribution in [0, 0.1) is 53.3 Å². The van der Waals surface area contributed by atoms with Crippen molar-refractivity contribution >= 4 is 53.0 Å². The highest BCUT2D eigenvalue weighted by molar-refractivity contribution is 6.92. The molecule has 0 saturated heterocycles. The third-order valence-corrected chi connectivity index (χ3v) is 31.6. The van der Waals surface area contributed by atoms with Crippen molar-refractivity contribution in [2.75, 3.05) is 0 Å². The molecule has 0 aliphatic heterocycles. The van der Waals surface area contributed by atoms with Gasteiger partial charge in [-0.15, -0.1) is 0 Å². The first kappa shape index (κ1) is 36.7. The Morgan fingerprint density at radius 2 is 0.843 bits per heavy atom. The van der Waals surface area contributed by atoms with E-state index in [-0.39, 0.29) is 0 Å². The molecule has 8 rings (SSSR count). The van der Waals surface area contributed by atoms with E-state index in [9.17, 15) is 0 Å². The molecule has 0 spiro atoms. The van der Waals surface area contributed by atoms with Crippen molar-refractivity contribution in [2.45, 2.75) is 140 Å². The maximum Gasteiger partial charge on any atom is 0.0839 e. The molecule has 0 radical (unpaired) electrons. The Bertz CT molecular complexity index is 1600. The molecule has 10 atom stereocenters. The maximum absolute atomic E-state index is 2.75. The van der Waals surface area contributed by atoms with Crippen molar-refractivity contribution in [1.29, 1.82) is 0 Å². The first-order valence-electron chi connectivity index (χ1n) is 21.8. The molecule has 0 N–H and O–H groups in total. The van der Waals surface area contributed by atoms with Gasteiger partial charge in [-0.25, -0.2) is 0 Å². The van der Waals surface area contributed by atoms with Crippen LogP contribution in [0.15, 0.2) is 72.8 Å². The van der Waals surface area contributed by atoms with E-state index in [2.05, 4.69) is 125 Å². The van der Waals surface area contributed by atoms with Gasteiger partial charge in [0.1, 0.15) is 0 Å². The SMILES string of the molecule is C[Si](C)(CCC1CC2C=CC1C2)c1ccc([Si](C)(C)CCC2CC3CC2C([Si](C)(C)c2ccc([Si](C)(C)CCC4CC5C=CC4C5)cc2)C3)cc1. The second-order valence-corrected chi connectivity index (χ2v) is 41.1. The average Bonchev–Trinajstić information content (AvgIpc) is 3.98. The van der Waals surface area contributed by atoms with Crippen LogP contribution in [0.1, 0.15) is 64.2 Å². The first-order chi connectivity index (χ1) is 24.2. The third-order valence-electron chi connectivity index (χ3n) is 17.0. The van der Waals surface area contributed by atoms with Gasteiger partial charge >= 0.3 is 0 Å². The highest BCUT2D eigenvalue weighted by Crippen LogP contribution is 2.59. The van der Waals surface area contributed by atoms with Crippen molar-refractivity contribution in [3.63, 3.8) is 0 Å². The Labute approximate surface area is 317 Å². The second kappa shape index (κ2) is 13.8. The summed E-state index contributed by atoms with van der Waals surface area (Å²) < 4.78 is 0. The molecule has 4 saturated carbocycles. The molecular weight excluding hydrogens is 677 g/mol. The molecule has 2 aromatic carbocycles. The molecule has 10 unspecified atom stereocenters. The lowest BCUT2D eigenvalue weighted by Crippen LogP contribution is -2.50. The Kier molecular flexibility index (Phi) is 9.96. The van der Waals surface area contributed by atoms with E-state index in [1.165, 1.54) is 82.3 Å². The van der Waals surface area contributed by atoms with Crippen LogP contribution >= 0.6 is 0 Å². The lowest BCUT2D eigenvalue weighted by Gasteiger charge is -2.40. The highest BCUT2D eigenvalue weighted by atomic mass is 28.3. The van der Waals surface area contributed by atoms with Gasteiger partial charge in [0.15, 0.2) is 0 Å². The molecule has 2 aromatic rings. The molecule has 6 bridgehead atoms. The van der Waals surface area contributed by atoms with Crippen LogP contribution in [-0.2, 0) is 0 Å². The van der Waals surface area contributed by atoms with Crippen molar-refractivity contribution in [1.82, 2.24) is 0 Å². The van der Waals surface area contributed by atoms with Crippen molar-refractivity contribution in [3.8, 4) is 0 Å². The fourth-order valence-corrected chi connectivity index (χ4v) is 24.3. The van der Waals surface area contributed by atoms with E-state index in [4.69, 9.17) is 0 Å². The Balaban J connectivity index is 0.855. The molecule has 4 fully saturated rings. The van der Waals surface area contributed by atoms with Crippen molar-refractivity contribution < 1.29 is 0 Å². The summed E-state index contributed by atoms with van der Waals surface area (Å²) in [5.74, 6) is 8.55.